The first kappa shape index (κ1) is 16.4. The molecule has 1 aliphatic heterocycles. The fourth-order valence-corrected chi connectivity index (χ4v) is 2.21. The van der Waals surface area contributed by atoms with Crippen molar-refractivity contribution in [2.45, 2.75) is 13.8 Å². The molecule has 0 atom stereocenters. The van der Waals surface area contributed by atoms with E-state index in [0.717, 1.165) is 32.8 Å². The lowest BCUT2D eigenvalue weighted by molar-refractivity contribution is -0.123. The Morgan fingerprint density at radius 1 is 1.41 bits per heavy atom. The Morgan fingerprint density at radius 3 is 2.73 bits per heavy atom. The first-order valence-electron chi connectivity index (χ1n) is 7.34. The average Bonchev–Trinajstić information content (AvgIpc) is 2.92. The molecule has 22 heavy (non-hydrogen) atoms. The first-order valence-corrected chi connectivity index (χ1v) is 7.34. The molecule has 1 aliphatic rings. The Bertz CT molecular complexity index is 511. The van der Waals surface area contributed by atoms with E-state index in [-0.39, 0.29) is 18.4 Å². The van der Waals surface area contributed by atoms with Gasteiger partial charge in [-0.15, -0.1) is 0 Å². The summed E-state index contributed by atoms with van der Waals surface area (Å²) in [6.45, 7) is 7.61. The largest absolute Gasteiger partial charge is 0.379 e. The molecule has 0 aliphatic carbocycles. The van der Waals surface area contributed by atoms with Crippen LogP contribution in [0.2, 0.25) is 0 Å². The predicted octanol–water partition coefficient (Wildman–Crippen LogP) is -0.216. The lowest BCUT2D eigenvalue weighted by Crippen LogP contribution is -2.44. The third-order valence-corrected chi connectivity index (χ3v) is 3.43. The molecule has 0 bridgehead atoms. The molecular formula is C14H22N4O4. The topological polar surface area (TPSA) is 87.9 Å². The van der Waals surface area contributed by atoms with Crippen molar-refractivity contribution in [3.63, 3.8) is 0 Å². The van der Waals surface area contributed by atoms with E-state index in [1.54, 1.807) is 13.0 Å². The van der Waals surface area contributed by atoms with Crippen LogP contribution in [-0.4, -0.2) is 67.8 Å². The molecule has 0 saturated carbocycles. The second-order valence-electron chi connectivity index (χ2n) is 5.20. The SMILES string of the molecule is CC(=O)N(CC(=O)NCCN1CCOCC1)c1cc(C)on1. The maximum atomic E-state index is 12.0. The molecule has 1 aromatic heterocycles. The molecule has 0 spiro atoms. The minimum absolute atomic E-state index is 0.0651. The number of hydrogen-bond acceptors (Lipinski definition) is 6. The lowest BCUT2D eigenvalue weighted by atomic mass is 10.4. The van der Waals surface area contributed by atoms with Crippen LogP contribution < -0.4 is 10.2 Å². The van der Waals surface area contributed by atoms with Gasteiger partial charge in [-0.1, -0.05) is 5.16 Å². The Kier molecular flexibility index (Phi) is 5.91. The van der Waals surface area contributed by atoms with Crippen LogP contribution >= 0.6 is 0 Å². The predicted molar refractivity (Wildman–Crippen MR) is 79.5 cm³/mol. The van der Waals surface area contributed by atoms with Crippen LogP contribution in [0.25, 0.3) is 0 Å². The van der Waals surface area contributed by atoms with Crippen molar-refractivity contribution < 1.29 is 18.8 Å². The van der Waals surface area contributed by atoms with Crippen molar-refractivity contribution in [3.05, 3.63) is 11.8 Å². The summed E-state index contributed by atoms with van der Waals surface area (Å²) >= 11 is 0. The van der Waals surface area contributed by atoms with Crippen molar-refractivity contribution in [1.29, 1.82) is 0 Å². The molecule has 0 aromatic carbocycles. The van der Waals surface area contributed by atoms with Gasteiger partial charge in [0, 0.05) is 39.2 Å². The molecule has 0 radical (unpaired) electrons. The zero-order valence-electron chi connectivity index (χ0n) is 13.0. The summed E-state index contributed by atoms with van der Waals surface area (Å²) in [6.07, 6.45) is 0. The van der Waals surface area contributed by atoms with Gasteiger partial charge in [0.2, 0.25) is 11.8 Å². The number of anilines is 1. The van der Waals surface area contributed by atoms with E-state index in [0.29, 0.717) is 18.1 Å². The first-order chi connectivity index (χ1) is 10.6. The van der Waals surface area contributed by atoms with E-state index < -0.39 is 0 Å². The van der Waals surface area contributed by atoms with Crippen LogP contribution in [0.3, 0.4) is 0 Å². The maximum absolute atomic E-state index is 12.0. The number of carbonyl (C=O) groups is 2. The van der Waals surface area contributed by atoms with Crippen LogP contribution in [0.15, 0.2) is 10.6 Å². The van der Waals surface area contributed by atoms with Gasteiger partial charge in [0.15, 0.2) is 5.82 Å². The molecule has 2 rings (SSSR count). The summed E-state index contributed by atoms with van der Waals surface area (Å²) in [5.41, 5.74) is 0. The molecule has 1 saturated heterocycles. The van der Waals surface area contributed by atoms with E-state index in [9.17, 15) is 9.59 Å². The number of nitrogens with zero attached hydrogens (tertiary/aromatic N) is 3. The Morgan fingerprint density at radius 2 is 2.14 bits per heavy atom. The summed E-state index contributed by atoms with van der Waals surface area (Å²) in [5, 5.41) is 6.59. The number of morpholine rings is 1. The summed E-state index contributed by atoms with van der Waals surface area (Å²) < 4.78 is 10.2. The van der Waals surface area contributed by atoms with Crippen LogP contribution in [0.1, 0.15) is 12.7 Å². The Balaban J connectivity index is 1.77. The van der Waals surface area contributed by atoms with Gasteiger partial charge < -0.3 is 14.6 Å². The highest BCUT2D eigenvalue weighted by Crippen LogP contribution is 2.13. The van der Waals surface area contributed by atoms with Crippen molar-refractivity contribution in [1.82, 2.24) is 15.4 Å². The van der Waals surface area contributed by atoms with E-state index in [2.05, 4.69) is 15.4 Å². The molecule has 2 amide bonds. The van der Waals surface area contributed by atoms with Crippen molar-refractivity contribution in [2.75, 3.05) is 50.8 Å². The van der Waals surface area contributed by atoms with Gasteiger partial charge in [-0.05, 0) is 6.92 Å². The quantitative estimate of drug-likeness (QED) is 0.782. The van der Waals surface area contributed by atoms with Crippen LogP contribution in [0, 0.1) is 6.92 Å². The van der Waals surface area contributed by atoms with E-state index in [1.165, 1.54) is 11.8 Å². The molecule has 8 heteroatoms. The number of hydrogen-bond donors (Lipinski definition) is 1. The maximum Gasteiger partial charge on any atom is 0.240 e. The molecule has 2 heterocycles. The number of ether oxygens (including phenoxy) is 1. The molecular weight excluding hydrogens is 288 g/mol. The third-order valence-electron chi connectivity index (χ3n) is 3.43. The van der Waals surface area contributed by atoms with Gasteiger partial charge in [0.05, 0.1) is 13.2 Å². The number of amides is 2. The second kappa shape index (κ2) is 7.90. The molecule has 1 fully saturated rings. The Labute approximate surface area is 129 Å². The number of carbonyl (C=O) groups excluding carboxylic acids is 2. The monoisotopic (exact) mass is 310 g/mol. The summed E-state index contributed by atoms with van der Waals surface area (Å²) in [6, 6.07) is 1.63. The van der Waals surface area contributed by atoms with Crippen molar-refractivity contribution >= 4 is 17.6 Å². The normalized spacial score (nSPS) is 15.5. The van der Waals surface area contributed by atoms with E-state index in [1.807, 2.05) is 0 Å². The highest BCUT2D eigenvalue weighted by molar-refractivity contribution is 5.96. The number of aromatic nitrogens is 1. The number of aryl methyl sites for hydroxylation is 1. The molecule has 122 valence electrons. The van der Waals surface area contributed by atoms with Gasteiger partial charge in [0.1, 0.15) is 12.3 Å². The molecule has 1 aromatic rings. The van der Waals surface area contributed by atoms with E-state index in [4.69, 9.17) is 9.26 Å². The van der Waals surface area contributed by atoms with Crippen LogP contribution in [-0.2, 0) is 14.3 Å². The van der Waals surface area contributed by atoms with Gasteiger partial charge >= 0.3 is 0 Å². The molecule has 1 N–H and O–H groups in total. The van der Waals surface area contributed by atoms with Crippen LogP contribution in [0.5, 0.6) is 0 Å². The summed E-state index contributed by atoms with van der Waals surface area (Å²) in [7, 11) is 0. The van der Waals surface area contributed by atoms with Crippen LogP contribution in [0.4, 0.5) is 5.82 Å². The standard InChI is InChI=1S/C14H22N4O4/c1-11-9-13(16-22-11)18(12(2)19)10-14(20)15-3-4-17-5-7-21-8-6-17/h9H,3-8,10H2,1-2H3,(H,15,20). The fourth-order valence-electron chi connectivity index (χ4n) is 2.21. The van der Waals surface area contributed by atoms with Gasteiger partial charge in [0.25, 0.3) is 0 Å². The molecule has 0 unspecified atom stereocenters. The van der Waals surface area contributed by atoms with Crippen molar-refractivity contribution in [2.24, 2.45) is 0 Å². The fraction of sp³-hybridized carbons (Fsp3) is 0.643. The summed E-state index contributed by atoms with van der Waals surface area (Å²) in [4.78, 5) is 27.1. The summed E-state index contributed by atoms with van der Waals surface area (Å²) in [5.74, 6) is 0.475. The lowest BCUT2D eigenvalue weighted by Gasteiger charge is -2.26. The third kappa shape index (κ3) is 4.81. The number of rotatable bonds is 6. The second-order valence-corrected chi connectivity index (χ2v) is 5.20. The highest BCUT2D eigenvalue weighted by atomic mass is 16.5. The van der Waals surface area contributed by atoms with Gasteiger partial charge in [-0.25, -0.2) is 0 Å². The zero-order valence-corrected chi connectivity index (χ0v) is 13.0. The minimum atomic E-state index is -0.253. The molecule has 8 nitrogen and oxygen atoms in total. The smallest absolute Gasteiger partial charge is 0.240 e. The minimum Gasteiger partial charge on any atom is -0.379 e. The van der Waals surface area contributed by atoms with Gasteiger partial charge in [-0.2, -0.15) is 0 Å². The van der Waals surface area contributed by atoms with Gasteiger partial charge in [-0.3, -0.25) is 19.4 Å². The number of nitrogens with one attached hydrogen (secondary N) is 1. The zero-order chi connectivity index (χ0) is 15.9. The van der Waals surface area contributed by atoms with Crippen molar-refractivity contribution in [3.8, 4) is 0 Å². The van der Waals surface area contributed by atoms with E-state index >= 15 is 0 Å². The highest BCUT2D eigenvalue weighted by Gasteiger charge is 2.19. The Hall–Kier alpha value is -1.93. The average molecular weight is 310 g/mol.